The first kappa shape index (κ1) is 15.4. The van der Waals surface area contributed by atoms with Crippen molar-refractivity contribution in [3.8, 4) is 5.75 Å². The van der Waals surface area contributed by atoms with Crippen molar-refractivity contribution in [2.45, 2.75) is 13.3 Å². The van der Waals surface area contributed by atoms with E-state index in [4.69, 9.17) is 9.47 Å². The van der Waals surface area contributed by atoms with Gasteiger partial charge in [0.1, 0.15) is 18.2 Å². The van der Waals surface area contributed by atoms with Crippen molar-refractivity contribution >= 4 is 15.9 Å². The Bertz CT molecular complexity index is 350. The summed E-state index contributed by atoms with van der Waals surface area (Å²) in [4.78, 5) is 0. The predicted molar refractivity (Wildman–Crippen MR) is 73.6 cm³/mol. The van der Waals surface area contributed by atoms with Crippen LogP contribution in [-0.4, -0.2) is 32.9 Å². The molecule has 102 valence electrons. The summed E-state index contributed by atoms with van der Waals surface area (Å²) >= 11 is 3.31. The molecule has 0 spiro atoms. The van der Waals surface area contributed by atoms with Crippen LogP contribution in [0, 0.1) is 5.82 Å². The third-order valence-electron chi connectivity index (χ3n) is 2.28. The Hall–Kier alpha value is -0.650. The zero-order valence-electron chi connectivity index (χ0n) is 10.5. The average Bonchev–Trinajstić information content (AvgIpc) is 2.36. The zero-order valence-corrected chi connectivity index (χ0v) is 12.1. The van der Waals surface area contributed by atoms with Crippen LogP contribution in [0.1, 0.15) is 13.3 Å². The molecule has 0 atom stereocenters. The van der Waals surface area contributed by atoms with Crippen molar-refractivity contribution in [1.82, 2.24) is 5.32 Å². The number of hydrogen-bond donors (Lipinski definition) is 1. The third kappa shape index (κ3) is 6.33. The normalized spacial score (nSPS) is 10.6. The number of benzene rings is 1. The lowest BCUT2D eigenvalue weighted by Crippen LogP contribution is -2.23. The summed E-state index contributed by atoms with van der Waals surface area (Å²) in [6.07, 6.45) is 0.984. The first-order valence-electron chi connectivity index (χ1n) is 6.10. The molecule has 1 aromatic rings. The van der Waals surface area contributed by atoms with Gasteiger partial charge in [0.15, 0.2) is 0 Å². The fourth-order valence-electron chi connectivity index (χ4n) is 1.39. The van der Waals surface area contributed by atoms with E-state index in [0.717, 1.165) is 37.2 Å². The maximum atomic E-state index is 13.0. The van der Waals surface area contributed by atoms with Gasteiger partial charge in [0.05, 0.1) is 4.47 Å². The predicted octanol–water partition coefficient (Wildman–Crippen LogP) is 2.98. The largest absolute Gasteiger partial charge is 0.491 e. The van der Waals surface area contributed by atoms with Gasteiger partial charge in [-0.25, -0.2) is 4.39 Å². The first-order valence-corrected chi connectivity index (χ1v) is 6.89. The molecular formula is C13H19BrFNO2. The molecule has 0 fully saturated rings. The lowest BCUT2D eigenvalue weighted by Gasteiger charge is -2.09. The van der Waals surface area contributed by atoms with E-state index in [1.807, 2.05) is 6.92 Å². The van der Waals surface area contributed by atoms with Gasteiger partial charge in [-0.2, -0.15) is 0 Å². The molecule has 5 heteroatoms. The Morgan fingerprint density at radius 3 is 2.89 bits per heavy atom. The van der Waals surface area contributed by atoms with E-state index in [-0.39, 0.29) is 5.82 Å². The van der Waals surface area contributed by atoms with Crippen LogP contribution in [0.4, 0.5) is 4.39 Å². The highest BCUT2D eigenvalue weighted by Gasteiger charge is 2.02. The van der Waals surface area contributed by atoms with E-state index < -0.39 is 0 Å². The number of hydrogen-bond acceptors (Lipinski definition) is 3. The second-order valence-corrected chi connectivity index (χ2v) is 4.58. The quantitative estimate of drug-likeness (QED) is 0.710. The average molecular weight is 320 g/mol. The minimum Gasteiger partial charge on any atom is -0.491 e. The first-order chi connectivity index (χ1) is 8.74. The Morgan fingerprint density at radius 2 is 2.11 bits per heavy atom. The van der Waals surface area contributed by atoms with Crippen LogP contribution in [0.15, 0.2) is 22.7 Å². The van der Waals surface area contributed by atoms with Crippen molar-refractivity contribution in [3.05, 3.63) is 28.5 Å². The summed E-state index contributed by atoms with van der Waals surface area (Å²) in [5, 5.41) is 3.23. The Morgan fingerprint density at radius 1 is 1.28 bits per heavy atom. The van der Waals surface area contributed by atoms with E-state index in [2.05, 4.69) is 21.2 Å². The minimum absolute atomic E-state index is 0.294. The van der Waals surface area contributed by atoms with E-state index >= 15 is 0 Å². The minimum atomic E-state index is -0.294. The van der Waals surface area contributed by atoms with Crippen molar-refractivity contribution in [1.29, 1.82) is 0 Å². The van der Waals surface area contributed by atoms with Crippen LogP contribution in [0.5, 0.6) is 5.75 Å². The molecule has 0 amide bonds. The van der Waals surface area contributed by atoms with Gasteiger partial charge in [0, 0.05) is 25.8 Å². The Balaban J connectivity index is 2.09. The van der Waals surface area contributed by atoms with Crippen molar-refractivity contribution in [3.63, 3.8) is 0 Å². The highest BCUT2D eigenvalue weighted by atomic mass is 79.9. The van der Waals surface area contributed by atoms with Crippen LogP contribution < -0.4 is 10.1 Å². The molecule has 0 aliphatic rings. The second kappa shape index (κ2) is 9.30. The van der Waals surface area contributed by atoms with Crippen molar-refractivity contribution < 1.29 is 13.9 Å². The van der Waals surface area contributed by atoms with Crippen molar-refractivity contribution in [2.24, 2.45) is 0 Å². The van der Waals surface area contributed by atoms with Gasteiger partial charge in [-0.1, -0.05) is 0 Å². The van der Waals surface area contributed by atoms with Gasteiger partial charge in [-0.05, 0) is 48.0 Å². The number of ether oxygens (including phenoxy) is 2. The molecule has 3 nitrogen and oxygen atoms in total. The van der Waals surface area contributed by atoms with Gasteiger partial charge in [-0.3, -0.25) is 0 Å². The standard InChI is InChI=1S/C13H19BrFNO2/c1-2-17-8-3-6-16-7-9-18-13-10-11(15)4-5-12(13)14/h4-5,10,16H,2-3,6-9H2,1H3. The fraction of sp³-hybridized carbons (Fsp3) is 0.538. The summed E-state index contributed by atoms with van der Waals surface area (Å²) in [5.41, 5.74) is 0. The molecule has 0 saturated heterocycles. The molecule has 1 aromatic carbocycles. The summed E-state index contributed by atoms with van der Waals surface area (Å²) < 4.78 is 24.4. The van der Waals surface area contributed by atoms with Gasteiger partial charge in [0.2, 0.25) is 0 Å². The summed E-state index contributed by atoms with van der Waals surface area (Å²) in [7, 11) is 0. The smallest absolute Gasteiger partial charge is 0.136 e. The van der Waals surface area contributed by atoms with E-state index in [1.165, 1.54) is 12.1 Å². The van der Waals surface area contributed by atoms with Gasteiger partial charge in [-0.15, -0.1) is 0 Å². The maximum Gasteiger partial charge on any atom is 0.136 e. The molecular weight excluding hydrogens is 301 g/mol. The number of rotatable bonds is 9. The number of halogens is 2. The molecule has 0 bridgehead atoms. The SMILES string of the molecule is CCOCCCNCCOc1cc(F)ccc1Br. The van der Waals surface area contributed by atoms with Crippen LogP contribution in [0.25, 0.3) is 0 Å². The second-order valence-electron chi connectivity index (χ2n) is 3.72. The van der Waals surface area contributed by atoms with E-state index in [0.29, 0.717) is 12.4 Å². The molecule has 1 N–H and O–H groups in total. The van der Waals surface area contributed by atoms with Crippen LogP contribution in [0.3, 0.4) is 0 Å². The molecule has 0 radical (unpaired) electrons. The molecule has 1 rings (SSSR count). The molecule has 0 aromatic heterocycles. The highest BCUT2D eigenvalue weighted by Crippen LogP contribution is 2.25. The molecule has 0 aliphatic heterocycles. The molecule has 0 heterocycles. The number of nitrogens with one attached hydrogen (secondary N) is 1. The molecule has 0 unspecified atom stereocenters. The van der Waals surface area contributed by atoms with E-state index in [9.17, 15) is 4.39 Å². The third-order valence-corrected chi connectivity index (χ3v) is 2.93. The lowest BCUT2D eigenvalue weighted by atomic mass is 10.3. The molecule has 0 aliphatic carbocycles. The molecule has 18 heavy (non-hydrogen) atoms. The monoisotopic (exact) mass is 319 g/mol. The van der Waals surface area contributed by atoms with Gasteiger partial charge in [0.25, 0.3) is 0 Å². The fourth-order valence-corrected chi connectivity index (χ4v) is 1.75. The summed E-state index contributed by atoms with van der Waals surface area (Å²) in [6, 6.07) is 4.41. The Kier molecular flexibility index (Phi) is 7.96. The van der Waals surface area contributed by atoms with Crippen LogP contribution >= 0.6 is 15.9 Å². The Labute approximate surface area is 116 Å². The van der Waals surface area contributed by atoms with Crippen molar-refractivity contribution in [2.75, 3.05) is 32.9 Å². The van der Waals surface area contributed by atoms with Gasteiger partial charge >= 0.3 is 0 Å². The highest BCUT2D eigenvalue weighted by molar-refractivity contribution is 9.10. The molecule has 0 saturated carbocycles. The zero-order chi connectivity index (χ0) is 13.2. The lowest BCUT2D eigenvalue weighted by molar-refractivity contribution is 0.144. The maximum absolute atomic E-state index is 13.0. The van der Waals surface area contributed by atoms with Crippen LogP contribution in [0.2, 0.25) is 0 Å². The van der Waals surface area contributed by atoms with E-state index in [1.54, 1.807) is 6.07 Å². The van der Waals surface area contributed by atoms with Crippen LogP contribution in [-0.2, 0) is 4.74 Å². The summed E-state index contributed by atoms with van der Waals surface area (Å²) in [6.45, 7) is 5.66. The topological polar surface area (TPSA) is 30.5 Å². The summed E-state index contributed by atoms with van der Waals surface area (Å²) in [5.74, 6) is 0.240. The van der Waals surface area contributed by atoms with Gasteiger partial charge < -0.3 is 14.8 Å².